The molecule has 3 heterocycles. The molecule has 8 heteroatoms. The molecule has 2 amide bonds. The first kappa shape index (κ1) is 17.7. The van der Waals surface area contributed by atoms with Gasteiger partial charge in [-0.15, -0.1) is 0 Å². The van der Waals surface area contributed by atoms with Gasteiger partial charge in [0.05, 0.1) is 24.1 Å². The Morgan fingerprint density at radius 2 is 1.96 bits per heavy atom. The molecule has 0 bridgehead atoms. The lowest BCUT2D eigenvalue weighted by Crippen LogP contribution is -2.49. The fraction of sp³-hybridized carbons (Fsp3) is 0.333. The zero-order valence-corrected chi connectivity index (χ0v) is 14.6. The van der Waals surface area contributed by atoms with Gasteiger partial charge < -0.3 is 19.9 Å². The molecule has 0 unspecified atom stereocenters. The molecule has 3 rings (SSSR count). The number of hydrogen-bond donors (Lipinski definition) is 1. The van der Waals surface area contributed by atoms with E-state index in [-0.39, 0.29) is 12.0 Å². The molecule has 26 heavy (non-hydrogen) atoms. The Morgan fingerprint density at radius 1 is 1.15 bits per heavy atom. The number of piperazine rings is 1. The quantitative estimate of drug-likeness (QED) is 0.903. The van der Waals surface area contributed by atoms with Crippen LogP contribution in [-0.4, -0.2) is 59.7 Å². The van der Waals surface area contributed by atoms with Gasteiger partial charge in [0.25, 0.3) is 5.91 Å². The van der Waals surface area contributed by atoms with Gasteiger partial charge in [0.15, 0.2) is 0 Å². The summed E-state index contributed by atoms with van der Waals surface area (Å²) in [5.74, 6) is 0.587. The lowest BCUT2D eigenvalue weighted by Gasteiger charge is -2.34. The molecule has 1 fully saturated rings. The monoisotopic (exact) mass is 355 g/mol. The molecule has 0 aliphatic carbocycles. The van der Waals surface area contributed by atoms with Crippen molar-refractivity contribution in [2.45, 2.75) is 6.92 Å². The van der Waals surface area contributed by atoms with Crippen molar-refractivity contribution >= 4 is 23.5 Å². The summed E-state index contributed by atoms with van der Waals surface area (Å²) in [4.78, 5) is 36.0. The summed E-state index contributed by atoms with van der Waals surface area (Å²) in [7, 11) is 0. The van der Waals surface area contributed by atoms with Gasteiger partial charge >= 0.3 is 6.09 Å². The number of amides is 2. The Balaban J connectivity index is 1.55. The minimum atomic E-state index is -0.270. The van der Waals surface area contributed by atoms with E-state index < -0.39 is 0 Å². The SMILES string of the molecule is CCOC(=O)N1CCN(c2ccc(NC(=O)c3cccnc3)cn2)CC1. The number of nitrogens with one attached hydrogen (secondary N) is 1. The van der Waals surface area contributed by atoms with Gasteiger partial charge in [-0.1, -0.05) is 0 Å². The van der Waals surface area contributed by atoms with Crippen LogP contribution < -0.4 is 10.2 Å². The summed E-state index contributed by atoms with van der Waals surface area (Å²) < 4.78 is 5.02. The average Bonchev–Trinajstić information content (AvgIpc) is 2.69. The van der Waals surface area contributed by atoms with Gasteiger partial charge in [-0.05, 0) is 31.2 Å². The van der Waals surface area contributed by atoms with Crippen LogP contribution in [0.2, 0.25) is 0 Å². The summed E-state index contributed by atoms with van der Waals surface area (Å²) in [5.41, 5.74) is 1.11. The topological polar surface area (TPSA) is 87.7 Å². The second-order valence-electron chi connectivity index (χ2n) is 5.77. The highest BCUT2D eigenvalue weighted by Crippen LogP contribution is 2.17. The Bertz CT molecular complexity index is 743. The number of rotatable bonds is 4. The second kappa shape index (κ2) is 8.28. The van der Waals surface area contributed by atoms with Crippen molar-refractivity contribution < 1.29 is 14.3 Å². The summed E-state index contributed by atoms with van der Waals surface area (Å²) >= 11 is 0. The Labute approximate surface area is 151 Å². The van der Waals surface area contributed by atoms with Crippen LogP contribution in [0.25, 0.3) is 0 Å². The maximum Gasteiger partial charge on any atom is 0.409 e. The molecule has 0 aromatic carbocycles. The van der Waals surface area contributed by atoms with E-state index in [2.05, 4.69) is 20.2 Å². The van der Waals surface area contributed by atoms with E-state index in [0.29, 0.717) is 44.0 Å². The van der Waals surface area contributed by atoms with Crippen molar-refractivity contribution in [2.75, 3.05) is 43.0 Å². The Morgan fingerprint density at radius 3 is 2.58 bits per heavy atom. The van der Waals surface area contributed by atoms with Gasteiger partial charge in [-0.25, -0.2) is 9.78 Å². The number of nitrogens with zero attached hydrogens (tertiary/aromatic N) is 4. The molecule has 136 valence electrons. The van der Waals surface area contributed by atoms with Crippen LogP contribution in [-0.2, 0) is 4.74 Å². The molecular formula is C18H21N5O3. The van der Waals surface area contributed by atoms with Crippen molar-refractivity contribution in [3.63, 3.8) is 0 Å². The summed E-state index contributed by atoms with van der Waals surface area (Å²) in [6.07, 6.45) is 4.49. The number of hydrogen-bond acceptors (Lipinski definition) is 6. The predicted octanol–water partition coefficient (Wildman–Crippen LogP) is 2.01. The molecule has 1 aliphatic heterocycles. The summed E-state index contributed by atoms with van der Waals surface area (Å²) in [6, 6.07) is 7.09. The molecule has 2 aromatic rings. The van der Waals surface area contributed by atoms with Crippen LogP contribution in [0.15, 0.2) is 42.9 Å². The normalized spacial score (nSPS) is 14.0. The maximum absolute atomic E-state index is 12.1. The maximum atomic E-state index is 12.1. The van der Waals surface area contributed by atoms with E-state index in [1.807, 2.05) is 12.1 Å². The first-order valence-electron chi connectivity index (χ1n) is 8.51. The second-order valence-corrected chi connectivity index (χ2v) is 5.77. The molecule has 8 nitrogen and oxygen atoms in total. The first-order valence-corrected chi connectivity index (χ1v) is 8.51. The van der Waals surface area contributed by atoms with E-state index in [1.54, 1.807) is 36.4 Å². The van der Waals surface area contributed by atoms with Crippen molar-refractivity contribution in [1.82, 2.24) is 14.9 Å². The van der Waals surface area contributed by atoms with Crippen LogP contribution in [0.1, 0.15) is 17.3 Å². The Kier molecular flexibility index (Phi) is 5.62. The smallest absolute Gasteiger partial charge is 0.409 e. The third-order valence-corrected chi connectivity index (χ3v) is 4.06. The van der Waals surface area contributed by atoms with Crippen LogP contribution in [0, 0.1) is 0 Å². The fourth-order valence-electron chi connectivity index (χ4n) is 2.68. The van der Waals surface area contributed by atoms with Crippen molar-refractivity contribution in [3.8, 4) is 0 Å². The van der Waals surface area contributed by atoms with Gasteiger partial charge in [-0.2, -0.15) is 0 Å². The minimum Gasteiger partial charge on any atom is -0.450 e. The highest BCUT2D eigenvalue weighted by atomic mass is 16.6. The lowest BCUT2D eigenvalue weighted by atomic mass is 10.2. The number of ether oxygens (including phenoxy) is 1. The fourth-order valence-corrected chi connectivity index (χ4v) is 2.68. The average molecular weight is 355 g/mol. The summed E-state index contributed by atoms with van der Waals surface area (Å²) in [5, 5.41) is 2.80. The number of anilines is 2. The Hall–Kier alpha value is -3.16. The van der Waals surface area contributed by atoms with Gasteiger partial charge in [0.2, 0.25) is 0 Å². The van der Waals surface area contributed by atoms with E-state index in [9.17, 15) is 9.59 Å². The van der Waals surface area contributed by atoms with E-state index in [0.717, 1.165) is 5.82 Å². The van der Waals surface area contributed by atoms with E-state index in [4.69, 9.17) is 4.74 Å². The van der Waals surface area contributed by atoms with Crippen molar-refractivity contribution in [3.05, 3.63) is 48.4 Å². The lowest BCUT2D eigenvalue weighted by molar-refractivity contribution is 0.102. The number of aromatic nitrogens is 2. The number of pyridine rings is 2. The van der Waals surface area contributed by atoms with E-state index in [1.165, 1.54) is 6.20 Å². The number of carbonyl (C=O) groups excluding carboxylic acids is 2. The third-order valence-electron chi connectivity index (χ3n) is 4.06. The van der Waals surface area contributed by atoms with Crippen LogP contribution >= 0.6 is 0 Å². The zero-order chi connectivity index (χ0) is 18.4. The van der Waals surface area contributed by atoms with Crippen molar-refractivity contribution in [2.24, 2.45) is 0 Å². The highest BCUT2D eigenvalue weighted by Gasteiger charge is 2.22. The molecule has 1 N–H and O–H groups in total. The number of carbonyl (C=O) groups is 2. The molecule has 0 radical (unpaired) electrons. The largest absolute Gasteiger partial charge is 0.450 e. The molecular weight excluding hydrogens is 334 g/mol. The molecule has 1 saturated heterocycles. The molecule has 1 aliphatic rings. The molecule has 0 spiro atoms. The van der Waals surface area contributed by atoms with E-state index >= 15 is 0 Å². The third kappa shape index (κ3) is 4.27. The van der Waals surface area contributed by atoms with Crippen LogP contribution in [0.3, 0.4) is 0 Å². The molecule has 2 aromatic heterocycles. The molecule has 0 saturated carbocycles. The van der Waals surface area contributed by atoms with Crippen LogP contribution in [0.4, 0.5) is 16.3 Å². The van der Waals surface area contributed by atoms with Crippen molar-refractivity contribution in [1.29, 1.82) is 0 Å². The minimum absolute atomic E-state index is 0.226. The first-order chi connectivity index (χ1) is 12.7. The zero-order valence-electron chi connectivity index (χ0n) is 14.6. The van der Waals surface area contributed by atoms with Crippen LogP contribution in [0.5, 0.6) is 0 Å². The molecule has 0 atom stereocenters. The predicted molar refractivity (Wildman–Crippen MR) is 97.2 cm³/mol. The summed E-state index contributed by atoms with van der Waals surface area (Å²) in [6.45, 7) is 4.75. The van der Waals surface area contributed by atoms with Gasteiger partial charge in [0, 0.05) is 38.6 Å². The van der Waals surface area contributed by atoms with Gasteiger partial charge in [0.1, 0.15) is 5.82 Å². The van der Waals surface area contributed by atoms with Gasteiger partial charge in [-0.3, -0.25) is 9.78 Å². The standard InChI is InChI=1S/C18H21N5O3/c1-2-26-18(25)23-10-8-22(9-11-23)16-6-5-15(13-20-16)21-17(24)14-4-3-7-19-12-14/h3-7,12-13H,2,8-11H2,1H3,(H,21,24). The highest BCUT2D eigenvalue weighted by molar-refractivity contribution is 6.03.